The SMILES string of the molecule is CCOC(=O)C(C)N1CCC(N2CCN(c3ccc(C(=N)N)cc3)CC2)CC1. The molecule has 0 spiro atoms. The molecule has 0 aromatic heterocycles. The van der Waals surface area contributed by atoms with Crippen molar-refractivity contribution in [3.05, 3.63) is 29.8 Å². The summed E-state index contributed by atoms with van der Waals surface area (Å²) in [6.07, 6.45) is 2.22. The molecule has 3 N–H and O–H groups in total. The van der Waals surface area contributed by atoms with Crippen molar-refractivity contribution in [1.29, 1.82) is 5.41 Å². The second kappa shape index (κ2) is 9.39. The van der Waals surface area contributed by atoms with Gasteiger partial charge in [-0.2, -0.15) is 0 Å². The van der Waals surface area contributed by atoms with Gasteiger partial charge >= 0.3 is 5.97 Å². The molecule has 2 heterocycles. The largest absolute Gasteiger partial charge is 0.465 e. The number of amidine groups is 1. The van der Waals surface area contributed by atoms with Crippen molar-refractivity contribution in [2.24, 2.45) is 5.73 Å². The van der Waals surface area contributed by atoms with Crippen LogP contribution < -0.4 is 10.6 Å². The van der Waals surface area contributed by atoms with Crippen LogP contribution in [0.25, 0.3) is 0 Å². The van der Waals surface area contributed by atoms with Crippen molar-refractivity contribution in [1.82, 2.24) is 9.80 Å². The number of nitrogens with zero attached hydrogens (tertiary/aromatic N) is 3. The third-order valence-electron chi connectivity index (χ3n) is 6.05. The van der Waals surface area contributed by atoms with E-state index in [0.717, 1.165) is 57.7 Å². The van der Waals surface area contributed by atoms with Crippen LogP contribution in [0.3, 0.4) is 0 Å². The molecule has 1 unspecified atom stereocenters. The molecule has 3 rings (SSSR count). The molecule has 7 nitrogen and oxygen atoms in total. The number of esters is 1. The van der Waals surface area contributed by atoms with Gasteiger partial charge in [0.15, 0.2) is 0 Å². The van der Waals surface area contributed by atoms with E-state index < -0.39 is 0 Å². The van der Waals surface area contributed by atoms with Gasteiger partial charge in [-0.15, -0.1) is 0 Å². The van der Waals surface area contributed by atoms with E-state index in [9.17, 15) is 4.79 Å². The summed E-state index contributed by atoms with van der Waals surface area (Å²) in [7, 11) is 0. The second-order valence-electron chi connectivity index (χ2n) is 7.68. The molecule has 2 saturated heterocycles. The third-order valence-corrected chi connectivity index (χ3v) is 6.05. The molecule has 0 amide bonds. The highest BCUT2D eigenvalue weighted by molar-refractivity contribution is 5.95. The monoisotopic (exact) mass is 387 g/mol. The molecule has 28 heavy (non-hydrogen) atoms. The minimum absolute atomic E-state index is 0.106. The van der Waals surface area contributed by atoms with E-state index in [4.69, 9.17) is 15.9 Å². The van der Waals surface area contributed by atoms with Crippen molar-refractivity contribution in [2.45, 2.75) is 38.8 Å². The summed E-state index contributed by atoms with van der Waals surface area (Å²) in [5.74, 6) is 0.00495. The molecular weight excluding hydrogens is 354 g/mol. The Labute approximate surface area is 167 Å². The summed E-state index contributed by atoms with van der Waals surface area (Å²) < 4.78 is 5.16. The first kappa shape index (κ1) is 20.6. The van der Waals surface area contributed by atoms with Crippen molar-refractivity contribution in [2.75, 3.05) is 50.8 Å². The maximum Gasteiger partial charge on any atom is 0.323 e. The highest BCUT2D eigenvalue weighted by Crippen LogP contribution is 2.23. The summed E-state index contributed by atoms with van der Waals surface area (Å²) in [5.41, 5.74) is 7.50. The molecular formula is C21H33N5O2. The van der Waals surface area contributed by atoms with Gasteiger partial charge in [-0.1, -0.05) is 0 Å². The van der Waals surface area contributed by atoms with Gasteiger partial charge in [0.25, 0.3) is 0 Å². The lowest BCUT2D eigenvalue weighted by Gasteiger charge is -2.44. The highest BCUT2D eigenvalue weighted by atomic mass is 16.5. The van der Waals surface area contributed by atoms with Gasteiger partial charge < -0.3 is 15.4 Å². The zero-order valence-electron chi connectivity index (χ0n) is 17.1. The average molecular weight is 388 g/mol. The van der Waals surface area contributed by atoms with Crippen molar-refractivity contribution < 1.29 is 9.53 Å². The number of hydrogen-bond acceptors (Lipinski definition) is 6. The summed E-state index contributed by atoms with van der Waals surface area (Å²) in [5, 5.41) is 7.50. The second-order valence-corrected chi connectivity index (χ2v) is 7.68. The maximum absolute atomic E-state index is 12.0. The molecule has 1 aromatic rings. The number of nitrogens with two attached hydrogens (primary N) is 1. The number of piperidine rings is 1. The van der Waals surface area contributed by atoms with Crippen LogP contribution in [0.4, 0.5) is 5.69 Å². The molecule has 0 radical (unpaired) electrons. The van der Waals surface area contributed by atoms with Gasteiger partial charge in [0.2, 0.25) is 0 Å². The molecule has 1 atom stereocenters. The Bertz CT molecular complexity index is 662. The average Bonchev–Trinajstić information content (AvgIpc) is 2.74. The minimum atomic E-state index is -0.143. The zero-order chi connectivity index (χ0) is 20.1. The Morgan fingerprint density at radius 1 is 1.14 bits per heavy atom. The number of carbonyl (C=O) groups is 1. The predicted molar refractivity (Wildman–Crippen MR) is 112 cm³/mol. The normalized spacial score (nSPS) is 20.7. The van der Waals surface area contributed by atoms with E-state index >= 15 is 0 Å². The third kappa shape index (κ3) is 4.83. The number of ether oxygens (including phenoxy) is 1. The van der Waals surface area contributed by atoms with Crippen molar-refractivity contribution in [3.63, 3.8) is 0 Å². The van der Waals surface area contributed by atoms with Gasteiger partial charge in [-0.25, -0.2) is 0 Å². The Hall–Kier alpha value is -2.12. The van der Waals surface area contributed by atoms with Crippen LogP contribution >= 0.6 is 0 Å². The van der Waals surface area contributed by atoms with E-state index in [-0.39, 0.29) is 17.8 Å². The van der Waals surface area contributed by atoms with E-state index in [0.29, 0.717) is 12.6 Å². The first-order valence-electron chi connectivity index (χ1n) is 10.3. The van der Waals surface area contributed by atoms with Crippen molar-refractivity contribution >= 4 is 17.5 Å². The lowest BCUT2D eigenvalue weighted by molar-refractivity contribution is -0.149. The number of likely N-dealkylation sites (tertiary alicyclic amines) is 1. The van der Waals surface area contributed by atoms with Gasteiger partial charge in [0, 0.05) is 56.6 Å². The lowest BCUT2D eigenvalue weighted by Crippen LogP contribution is -2.54. The summed E-state index contributed by atoms with van der Waals surface area (Å²) in [4.78, 5) is 19.2. The quantitative estimate of drug-likeness (QED) is 0.437. The number of benzene rings is 1. The summed E-state index contributed by atoms with van der Waals surface area (Å²) in [6.45, 7) is 10.3. The molecule has 2 aliphatic heterocycles. The molecule has 1 aromatic carbocycles. The topological polar surface area (TPSA) is 85.9 Å². The number of carbonyl (C=O) groups excluding carboxylic acids is 1. The standard InChI is InChI=1S/C21H33N5O2/c1-3-28-21(27)16(2)24-10-8-19(9-11-24)26-14-12-25(13-15-26)18-6-4-17(5-7-18)20(22)23/h4-7,16,19H,3,8-15H2,1-2H3,(H3,22,23). The maximum atomic E-state index is 12.0. The van der Waals surface area contributed by atoms with E-state index in [1.54, 1.807) is 0 Å². The molecule has 154 valence electrons. The van der Waals surface area contributed by atoms with Crippen LogP contribution in [-0.2, 0) is 9.53 Å². The van der Waals surface area contributed by atoms with Crippen LogP contribution in [0.15, 0.2) is 24.3 Å². The molecule has 0 aliphatic carbocycles. The van der Waals surface area contributed by atoms with Crippen LogP contribution in [0.1, 0.15) is 32.3 Å². The van der Waals surface area contributed by atoms with Gasteiger partial charge in [-0.3, -0.25) is 20.0 Å². The van der Waals surface area contributed by atoms with E-state index in [1.807, 2.05) is 26.0 Å². The molecule has 2 aliphatic rings. The van der Waals surface area contributed by atoms with Crippen LogP contribution in [0, 0.1) is 5.41 Å². The Kier molecular flexibility index (Phi) is 6.91. The smallest absolute Gasteiger partial charge is 0.323 e. The Morgan fingerprint density at radius 3 is 2.29 bits per heavy atom. The number of nitrogen functional groups attached to an aromatic ring is 1. The fourth-order valence-corrected chi connectivity index (χ4v) is 4.25. The molecule has 0 saturated carbocycles. The number of piperazine rings is 1. The minimum Gasteiger partial charge on any atom is -0.465 e. The number of hydrogen-bond donors (Lipinski definition) is 2. The summed E-state index contributed by atoms with van der Waals surface area (Å²) >= 11 is 0. The first-order valence-corrected chi connectivity index (χ1v) is 10.3. The Balaban J connectivity index is 1.46. The molecule has 2 fully saturated rings. The van der Waals surface area contributed by atoms with Gasteiger partial charge in [-0.05, 0) is 51.0 Å². The van der Waals surface area contributed by atoms with Crippen LogP contribution in [0.5, 0.6) is 0 Å². The van der Waals surface area contributed by atoms with Crippen LogP contribution in [-0.4, -0.2) is 79.6 Å². The van der Waals surface area contributed by atoms with E-state index in [1.165, 1.54) is 5.69 Å². The number of rotatable bonds is 6. The fourth-order valence-electron chi connectivity index (χ4n) is 4.25. The number of nitrogens with one attached hydrogen (secondary N) is 1. The van der Waals surface area contributed by atoms with Crippen molar-refractivity contribution in [3.8, 4) is 0 Å². The van der Waals surface area contributed by atoms with Crippen LogP contribution in [0.2, 0.25) is 0 Å². The zero-order valence-corrected chi connectivity index (χ0v) is 17.1. The Morgan fingerprint density at radius 2 is 1.75 bits per heavy atom. The fraction of sp³-hybridized carbons (Fsp3) is 0.619. The summed E-state index contributed by atoms with van der Waals surface area (Å²) in [6, 6.07) is 8.42. The number of anilines is 1. The lowest BCUT2D eigenvalue weighted by atomic mass is 10.0. The predicted octanol–water partition coefficient (Wildman–Crippen LogP) is 1.51. The van der Waals surface area contributed by atoms with Gasteiger partial charge in [0.05, 0.1) is 6.61 Å². The van der Waals surface area contributed by atoms with Gasteiger partial charge in [0.1, 0.15) is 11.9 Å². The molecule has 0 bridgehead atoms. The highest BCUT2D eigenvalue weighted by Gasteiger charge is 2.31. The van der Waals surface area contributed by atoms with E-state index in [2.05, 4.69) is 26.8 Å². The first-order chi connectivity index (χ1) is 13.5. The molecule has 7 heteroatoms.